The molecule has 4 atom stereocenters. The summed E-state index contributed by atoms with van der Waals surface area (Å²) in [5, 5.41) is 23.9. The van der Waals surface area contributed by atoms with Gasteiger partial charge in [-0.2, -0.15) is 0 Å². The third-order valence-corrected chi connectivity index (χ3v) is 6.87. The fourth-order valence-corrected chi connectivity index (χ4v) is 4.61. The number of aliphatic hydroxyl groups is 2. The van der Waals surface area contributed by atoms with E-state index in [9.17, 15) is 19.8 Å². The van der Waals surface area contributed by atoms with Gasteiger partial charge in [0.05, 0.1) is 12.9 Å². The Bertz CT molecular complexity index is 1230. The molecule has 1 aliphatic carbocycles. The first-order valence-electron chi connectivity index (χ1n) is 12.6. The van der Waals surface area contributed by atoms with E-state index in [1.165, 1.54) is 10.9 Å². The molecule has 2 aromatic rings. The molecule has 13 heteroatoms. The van der Waals surface area contributed by atoms with Crippen molar-refractivity contribution in [1.29, 1.82) is 0 Å². The standard InChI is InChI=1S/C24H31N7O6/c1-2-36-24(35)30-10-8-13(9-11-30)4-3-5-15-28-20(25)16-21(29-15)31(12-26-16)23-18(33)17(32)19(37-23)22(34)27-14-6-7-14/h12-14,17-19,23,32-33H,2,4,6-11H2,1H3,(H,27,34)(H2,25,28,29)/t17-,18+,19-,23+/m0/s1. The number of nitrogens with two attached hydrogens (primary N) is 1. The molecule has 198 valence electrons. The summed E-state index contributed by atoms with van der Waals surface area (Å²) < 4.78 is 12.2. The number of likely N-dealkylation sites (tertiary alicyclic amines) is 1. The number of aromatic nitrogens is 4. The predicted molar refractivity (Wildman–Crippen MR) is 130 cm³/mol. The van der Waals surface area contributed by atoms with Crippen molar-refractivity contribution in [3.63, 3.8) is 0 Å². The number of fused-ring (bicyclic) bond motifs is 1. The summed E-state index contributed by atoms with van der Waals surface area (Å²) in [7, 11) is 0. The molecular formula is C24H31N7O6. The number of nitrogens with one attached hydrogen (secondary N) is 1. The quantitative estimate of drug-likeness (QED) is 0.395. The number of carbonyl (C=O) groups is 2. The van der Waals surface area contributed by atoms with E-state index in [1.807, 2.05) is 0 Å². The van der Waals surface area contributed by atoms with Crippen molar-refractivity contribution in [2.75, 3.05) is 25.4 Å². The lowest BCUT2D eigenvalue weighted by atomic mass is 9.94. The number of anilines is 1. The minimum Gasteiger partial charge on any atom is -0.450 e. The Morgan fingerprint density at radius 1 is 1.22 bits per heavy atom. The maximum atomic E-state index is 12.4. The van der Waals surface area contributed by atoms with Crippen LogP contribution in [0, 0.1) is 17.8 Å². The van der Waals surface area contributed by atoms with Crippen LogP contribution in [0.5, 0.6) is 0 Å². The molecule has 0 aromatic carbocycles. The van der Waals surface area contributed by atoms with Crippen molar-refractivity contribution in [1.82, 2.24) is 29.7 Å². The molecule has 0 unspecified atom stereocenters. The van der Waals surface area contributed by atoms with Crippen LogP contribution in [0.1, 0.15) is 51.1 Å². The number of piperidine rings is 1. The lowest BCUT2D eigenvalue weighted by Gasteiger charge is -2.30. The van der Waals surface area contributed by atoms with Crippen molar-refractivity contribution in [2.24, 2.45) is 5.92 Å². The summed E-state index contributed by atoms with van der Waals surface area (Å²) in [4.78, 5) is 38.9. The molecule has 5 rings (SSSR count). The minimum atomic E-state index is -1.41. The van der Waals surface area contributed by atoms with Gasteiger partial charge in [0.15, 0.2) is 23.8 Å². The van der Waals surface area contributed by atoms with E-state index in [0.29, 0.717) is 37.6 Å². The third-order valence-electron chi connectivity index (χ3n) is 6.87. The highest BCUT2D eigenvalue weighted by atomic mass is 16.6. The summed E-state index contributed by atoms with van der Waals surface area (Å²) >= 11 is 0. The van der Waals surface area contributed by atoms with Crippen LogP contribution in [0.15, 0.2) is 6.33 Å². The van der Waals surface area contributed by atoms with Crippen LogP contribution in [0.2, 0.25) is 0 Å². The SMILES string of the molecule is CCOC(=O)N1CCC(CC#Cc2nc(N)c3ncn([C@@H]4O[C@H](C(=O)NC5CC5)[C@@H](O)[C@H]4O)c3n2)CC1. The number of ether oxygens (including phenoxy) is 2. The summed E-state index contributed by atoms with van der Waals surface area (Å²) in [5.41, 5.74) is 6.67. The molecule has 37 heavy (non-hydrogen) atoms. The third kappa shape index (κ3) is 5.31. The summed E-state index contributed by atoms with van der Waals surface area (Å²) in [6.45, 7) is 3.42. The van der Waals surface area contributed by atoms with Gasteiger partial charge in [-0.1, -0.05) is 5.92 Å². The number of hydrogen-bond acceptors (Lipinski definition) is 10. The summed E-state index contributed by atoms with van der Waals surface area (Å²) in [6, 6.07) is 0.0901. The smallest absolute Gasteiger partial charge is 0.409 e. The highest BCUT2D eigenvalue weighted by Crippen LogP contribution is 2.33. The van der Waals surface area contributed by atoms with E-state index in [2.05, 4.69) is 32.1 Å². The molecular weight excluding hydrogens is 482 g/mol. The van der Waals surface area contributed by atoms with E-state index in [4.69, 9.17) is 15.2 Å². The number of carbonyl (C=O) groups excluding carboxylic acids is 2. The van der Waals surface area contributed by atoms with Crippen LogP contribution >= 0.6 is 0 Å². The number of imidazole rings is 1. The normalized spacial score (nSPS) is 26.1. The molecule has 0 bridgehead atoms. The van der Waals surface area contributed by atoms with Gasteiger partial charge in [-0.05, 0) is 44.4 Å². The number of nitrogen functional groups attached to an aromatic ring is 1. The molecule has 3 fully saturated rings. The van der Waals surface area contributed by atoms with E-state index in [-0.39, 0.29) is 29.4 Å². The second kappa shape index (κ2) is 10.5. The molecule has 13 nitrogen and oxygen atoms in total. The average molecular weight is 514 g/mol. The Hall–Kier alpha value is -3.47. The molecule has 0 radical (unpaired) electrons. The largest absolute Gasteiger partial charge is 0.450 e. The van der Waals surface area contributed by atoms with E-state index in [1.54, 1.807) is 11.8 Å². The zero-order valence-electron chi connectivity index (χ0n) is 20.5. The first kappa shape index (κ1) is 25.2. The molecule has 2 aromatic heterocycles. The number of aliphatic hydroxyl groups excluding tert-OH is 2. The van der Waals surface area contributed by atoms with Gasteiger partial charge in [0.25, 0.3) is 5.91 Å². The Morgan fingerprint density at radius 3 is 2.68 bits per heavy atom. The van der Waals surface area contributed by atoms with Crippen molar-refractivity contribution in [3.05, 3.63) is 12.2 Å². The molecule has 1 saturated carbocycles. The second-order valence-electron chi connectivity index (χ2n) is 9.60. The van der Waals surface area contributed by atoms with Gasteiger partial charge >= 0.3 is 6.09 Å². The Morgan fingerprint density at radius 2 is 1.97 bits per heavy atom. The lowest BCUT2D eigenvalue weighted by Crippen LogP contribution is -2.43. The number of hydrogen-bond donors (Lipinski definition) is 4. The van der Waals surface area contributed by atoms with Crippen LogP contribution in [-0.4, -0.2) is 90.7 Å². The summed E-state index contributed by atoms with van der Waals surface area (Å²) in [6.07, 6.45) is 0.0689. The van der Waals surface area contributed by atoms with Crippen LogP contribution in [0.3, 0.4) is 0 Å². The van der Waals surface area contributed by atoms with E-state index in [0.717, 1.165) is 25.7 Å². The second-order valence-corrected chi connectivity index (χ2v) is 9.60. The minimum absolute atomic E-state index is 0.0901. The first-order chi connectivity index (χ1) is 17.9. The Balaban J connectivity index is 1.27. The maximum Gasteiger partial charge on any atom is 0.409 e. The maximum absolute atomic E-state index is 12.4. The van der Waals surface area contributed by atoms with Crippen molar-refractivity contribution < 1.29 is 29.3 Å². The highest BCUT2D eigenvalue weighted by molar-refractivity contribution is 5.83. The zero-order valence-corrected chi connectivity index (χ0v) is 20.5. The number of rotatable bonds is 5. The van der Waals surface area contributed by atoms with Crippen LogP contribution < -0.4 is 11.1 Å². The fourth-order valence-electron chi connectivity index (χ4n) is 4.61. The molecule has 0 spiro atoms. The molecule has 2 saturated heterocycles. The number of nitrogens with zero attached hydrogens (tertiary/aromatic N) is 5. The molecule has 3 aliphatic rings. The van der Waals surface area contributed by atoms with E-state index >= 15 is 0 Å². The Labute approximate surface area is 213 Å². The van der Waals surface area contributed by atoms with Crippen molar-refractivity contribution >= 4 is 29.0 Å². The van der Waals surface area contributed by atoms with Gasteiger partial charge in [-0.15, -0.1) is 0 Å². The average Bonchev–Trinajstić information content (AvgIpc) is 3.52. The summed E-state index contributed by atoms with van der Waals surface area (Å²) in [5.74, 6) is 6.24. The van der Waals surface area contributed by atoms with E-state index < -0.39 is 30.4 Å². The first-order valence-corrected chi connectivity index (χ1v) is 12.6. The van der Waals surface area contributed by atoms with Gasteiger partial charge in [-0.25, -0.2) is 19.7 Å². The van der Waals surface area contributed by atoms with Gasteiger partial charge in [0.1, 0.15) is 17.7 Å². The molecule has 4 heterocycles. The monoisotopic (exact) mass is 513 g/mol. The van der Waals surface area contributed by atoms with Crippen LogP contribution in [-0.2, 0) is 14.3 Å². The highest BCUT2D eigenvalue weighted by Gasteiger charge is 2.48. The zero-order chi connectivity index (χ0) is 26.1. The fraction of sp³-hybridized carbons (Fsp3) is 0.625. The Kier molecular flexibility index (Phi) is 7.14. The van der Waals surface area contributed by atoms with Gasteiger partial charge in [0.2, 0.25) is 5.82 Å². The predicted octanol–water partition coefficient (Wildman–Crippen LogP) is -0.0836. The van der Waals surface area contributed by atoms with Crippen LogP contribution in [0.4, 0.5) is 10.6 Å². The molecule has 2 aliphatic heterocycles. The molecule has 5 N–H and O–H groups in total. The topological polar surface area (TPSA) is 178 Å². The lowest BCUT2D eigenvalue weighted by molar-refractivity contribution is -0.137. The van der Waals surface area contributed by atoms with Crippen LogP contribution in [0.25, 0.3) is 11.2 Å². The van der Waals surface area contributed by atoms with Crippen molar-refractivity contribution in [2.45, 2.75) is 69.6 Å². The van der Waals surface area contributed by atoms with Gasteiger partial charge < -0.3 is 35.6 Å². The van der Waals surface area contributed by atoms with Crippen molar-refractivity contribution in [3.8, 4) is 11.8 Å². The van der Waals surface area contributed by atoms with Gasteiger partial charge in [0, 0.05) is 25.6 Å². The van der Waals surface area contributed by atoms with Gasteiger partial charge in [-0.3, -0.25) is 9.36 Å². The number of amides is 2. The molecule has 2 amide bonds.